The maximum Gasteiger partial charge on any atom is 0.345 e. The van der Waals surface area contributed by atoms with Gasteiger partial charge in [0.2, 0.25) is 0 Å². The first-order valence-corrected chi connectivity index (χ1v) is 5.69. The summed E-state index contributed by atoms with van der Waals surface area (Å²) in [5.74, 6) is -0.0438. The molecule has 100 valence electrons. The third-order valence-electron chi connectivity index (χ3n) is 2.94. The Balaban J connectivity index is 2.06. The molecule has 8 nitrogen and oxygen atoms in total. The first-order valence-electron chi connectivity index (χ1n) is 5.69. The minimum Gasteiger partial charge on any atom is -0.383 e. The van der Waals surface area contributed by atoms with Crippen molar-refractivity contribution in [3.63, 3.8) is 0 Å². The van der Waals surface area contributed by atoms with Crippen LogP contribution in [0.25, 0.3) is 0 Å². The van der Waals surface area contributed by atoms with Crippen LogP contribution in [0.4, 0.5) is 5.82 Å². The van der Waals surface area contributed by atoms with Gasteiger partial charge in [-0.3, -0.25) is 4.90 Å². The van der Waals surface area contributed by atoms with E-state index >= 15 is 0 Å². The van der Waals surface area contributed by atoms with Gasteiger partial charge in [-0.2, -0.15) is 0 Å². The summed E-state index contributed by atoms with van der Waals surface area (Å²) >= 11 is 0. The molecule has 0 aromatic carbocycles. The molecule has 0 amide bonds. The molecule has 2 rings (SSSR count). The molecule has 1 aliphatic heterocycles. The zero-order valence-electron chi connectivity index (χ0n) is 10.2. The van der Waals surface area contributed by atoms with Crippen molar-refractivity contribution in [2.24, 2.45) is 0 Å². The smallest absolute Gasteiger partial charge is 0.345 e. The largest absolute Gasteiger partial charge is 0.383 e. The Hall–Kier alpha value is -1.51. The van der Waals surface area contributed by atoms with Gasteiger partial charge in [-0.15, -0.1) is 0 Å². The molecule has 1 fully saturated rings. The minimum absolute atomic E-state index is 0.0438. The van der Waals surface area contributed by atoms with Crippen LogP contribution in [0.5, 0.6) is 0 Å². The number of nitrogens with zero attached hydrogens (tertiary/aromatic N) is 3. The molecule has 2 heterocycles. The molecule has 1 aliphatic rings. The number of nitro groups is 1. The topological polar surface area (TPSA) is 93.5 Å². The van der Waals surface area contributed by atoms with Crippen molar-refractivity contribution < 1.29 is 14.4 Å². The van der Waals surface area contributed by atoms with Crippen molar-refractivity contribution in [2.75, 3.05) is 33.5 Å². The van der Waals surface area contributed by atoms with Gasteiger partial charge in [-0.25, -0.2) is 9.97 Å². The first-order chi connectivity index (χ1) is 8.72. The number of hydrogen-bond donors (Lipinski definition) is 1. The summed E-state index contributed by atoms with van der Waals surface area (Å²) < 4.78 is 10.5. The Morgan fingerprint density at radius 1 is 1.78 bits per heavy atom. The van der Waals surface area contributed by atoms with Gasteiger partial charge in [0.1, 0.15) is 0 Å². The number of methoxy groups -OCH3 is 1. The van der Waals surface area contributed by atoms with Crippen LogP contribution in [-0.4, -0.2) is 59.3 Å². The van der Waals surface area contributed by atoms with E-state index in [0.717, 1.165) is 6.54 Å². The number of imidazole rings is 1. The van der Waals surface area contributed by atoms with E-state index in [2.05, 4.69) is 14.9 Å². The van der Waals surface area contributed by atoms with Gasteiger partial charge >= 0.3 is 5.82 Å². The van der Waals surface area contributed by atoms with Gasteiger partial charge in [0, 0.05) is 20.2 Å². The fourth-order valence-corrected chi connectivity index (χ4v) is 2.03. The fraction of sp³-hybridized carbons (Fsp3) is 0.700. The molecule has 1 unspecified atom stereocenters. The summed E-state index contributed by atoms with van der Waals surface area (Å²) in [7, 11) is 1.63. The average Bonchev–Trinajstić information content (AvgIpc) is 2.80. The quantitative estimate of drug-likeness (QED) is 0.596. The van der Waals surface area contributed by atoms with Crippen LogP contribution >= 0.6 is 0 Å². The number of aromatic nitrogens is 2. The van der Waals surface area contributed by atoms with Gasteiger partial charge in [-0.05, 0) is 4.92 Å². The average molecular weight is 256 g/mol. The number of aromatic amines is 1. The van der Waals surface area contributed by atoms with Crippen molar-refractivity contribution in [1.29, 1.82) is 0 Å². The van der Waals surface area contributed by atoms with Gasteiger partial charge in [-0.1, -0.05) is 0 Å². The molecule has 1 atom stereocenters. The molecule has 18 heavy (non-hydrogen) atoms. The minimum atomic E-state index is -0.450. The van der Waals surface area contributed by atoms with Crippen molar-refractivity contribution in [3.8, 4) is 0 Å². The van der Waals surface area contributed by atoms with E-state index in [1.165, 1.54) is 6.33 Å². The highest BCUT2D eigenvalue weighted by molar-refractivity contribution is 5.25. The molecule has 1 aromatic heterocycles. The van der Waals surface area contributed by atoms with E-state index in [0.29, 0.717) is 32.1 Å². The molecule has 0 radical (unpaired) electrons. The molecular formula is C10H16N4O4. The summed E-state index contributed by atoms with van der Waals surface area (Å²) in [5.41, 5.74) is 0.447. The number of H-pyrrole nitrogens is 1. The van der Waals surface area contributed by atoms with E-state index in [1.807, 2.05) is 0 Å². The zero-order valence-corrected chi connectivity index (χ0v) is 10.2. The Morgan fingerprint density at radius 2 is 2.61 bits per heavy atom. The normalized spacial score (nSPS) is 21.1. The summed E-state index contributed by atoms with van der Waals surface area (Å²) in [5, 5.41) is 10.8. The van der Waals surface area contributed by atoms with E-state index in [4.69, 9.17) is 9.47 Å². The Kier molecular flexibility index (Phi) is 4.24. The van der Waals surface area contributed by atoms with Gasteiger partial charge in [0.15, 0.2) is 12.0 Å². The van der Waals surface area contributed by atoms with Crippen molar-refractivity contribution in [2.45, 2.75) is 12.6 Å². The highest BCUT2D eigenvalue weighted by atomic mass is 16.6. The van der Waals surface area contributed by atoms with Crippen LogP contribution in [-0.2, 0) is 16.0 Å². The van der Waals surface area contributed by atoms with Crippen LogP contribution < -0.4 is 0 Å². The Labute approximate surface area is 104 Å². The molecular weight excluding hydrogens is 240 g/mol. The van der Waals surface area contributed by atoms with Gasteiger partial charge in [0.05, 0.1) is 25.9 Å². The molecule has 0 aliphatic carbocycles. The van der Waals surface area contributed by atoms with Crippen LogP contribution in [0, 0.1) is 10.1 Å². The Morgan fingerprint density at radius 3 is 3.33 bits per heavy atom. The molecule has 0 spiro atoms. The van der Waals surface area contributed by atoms with Crippen LogP contribution in [0.2, 0.25) is 0 Å². The number of morpholine rings is 1. The number of nitrogens with one attached hydrogen (secondary N) is 1. The van der Waals surface area contributed by atoms with E-state index in [1.54, 1.807) is 7.11 Å². The highest BCUT2D eigenvalue weighted by Gasteiger charge is 2.26. The van der Waals surface area contributed by atoms with Crippen molar-refractivity contribution in [1.82, 2.24) is 14.9 Å². The molecule has 0 bridgehead atoms. The standard InChI is InChI=1S/C10H16N4O4/c1-17-5-8-6-18-3-2-13(8)4-9-10(14(15)16)12-7-11-9/h7-8H,2-6H2,1H3,(H,11,12). The summed E-state index contributed by atoms with van der Waals surface area (Å²) in [6.45, 7) is 2.89. The monoisotopic (exact) mass is 256 g/mol. The third kappa shape index (κ3) is 2.84. The number of rotatable bonds is 5. The van der Waals surface area contributed by atoms with Crippen LogP contribution in [0.15, 0.2) is 6.33 Å². The maximum absolute atomic E-state index is 10.8. The molecule has 1 saturated heterocycles. The summed E-state index contributed by atoms with van der Waals surface area (Å²) in [6, 6.07) is 0.111. The molecule has 1 N–H and O–H groups in total. The van der Waals surface area contributed by atoms with Crippen LogP contribution in [0.3, 0.4) is 0 Å². The van der Waals surface area contributed by atoms with E-state index < -0.39 is 4.92 Å². The van der Waals surface area contributed by atoms with Crippen molar-refractivity contribution >= 4 is 5.82 Å². The zero-order chi connectivity index (χ0) is 13.0. The SMILES string of the molecule is COCC1COCCN1Cc1nc[nH]c1[N+](=O)[O-]. The second kappa shape index (κ2) is 5.89. The predicted molar refractivity (Wildman–Crippen MR) is 62.1 cm³/mol. The lowest BCUT2D eigenvalue weighted by molar-refractivity contribution is -0.390. The maximum atomic E-state index is 10.8. The second-order valence-electron chi connectivity index (χ2n) is 4.11. The first kappa shape index (κ1) is 12.9. The third-order valence-corrected chi connectivity index (χ3v) is 2.94. The number of ether oxygens (including phenoxy) is 2. The molecule has 1 aromatic rings. The summed E-state index contributed by atoms with van der Waals surface area (Å²) in [4.78, 5) is 19.0. The molecule has 8 heteroatoms. The number of hydrogen-bond acceptors (Lipinski definition) is 6. The van der Waals surface area contributed by atoms with Crippen molar-refractivity contribution in [3.05, 3.63) is 22.1 Å². The predicted octanol–water partition coefficient (Wildman–Crippen LogP) is 0.165. The second-order valence-corrected chi connectivity index (χ2v) is 4.11. The van der Waals surface area contributed by atoms with Gasteiger partial charge in [0.25, 0.3) is 0 Å². The van der Waals surface area contributed by atoms with Crippen LogP contribution in [0.1, 0.15) is 5.69 Å². The lowest BCUT2D eigenvalue weighted by Crippen LogP contribution is -2.47. The van der Waals surface area contributed by atoms with E-state index in [-0.39, 0.29) is 11.9 Å². The Bertz CT molecular complexity index is 406. The lowest BCUT2D eigenvalue weighted by atomic mass is 10.2. The molecule has 0 saturated carbocycles. The lowest BCUT2D eigenvalue weighted by Gasteiger charge is -2.34. The fourth-order valence-electron chi connectivity index (χ4n) is 2.03. The summed E-state index contributed by atoms with van der Waals surface area (Å²) in [6.07, 6.45) is 1.35. The highest BCUT2D eigenvalue weighted by Crippen LogP contribution is 2.17. The van der Waals surface area contributed by atoms with Gasteiger partial charge < -0.3 is 19.6 Å². The van der Waals surface area contributed by atoms with E-state index in [9.17, 15) is 10.1 Å².